The summed E-state index contributed by atoms with van der Waals surface area (Å²) >= 11 is 0. The van der Waals surface area contributed by atoms with Gasteiger partial charge in [0.25, 0.3) is 0 Å². The van der Waals surface area contributed by atoms with Crippen molar-refractivity contribution in [2.75, 3.05) is 23.7 Å². The molecule has 2 heterocycles. The highest BCUT2D eigenvalue weighted by Crippen LogP contribution is 2.17. The fraction of sp³-hybridized carbons (Fsp3) is 0.615. The number of carboxylic acid groups (broad SMARTS) is 1. The molecule has 0 amide bonds. The number of sulfonamides is 1. The molecule has 0 radical (unpaired) electrons. The summed E-state index contributed by atoms with van der Waals surface area (Å²) in [5, 5.41) is 8.79. The Hall–Kier alpha value is -1.74. The number of aromatic nitrogens is 2. The van der Waals surface area contributed by atoms with Crippen LogP contribution in [0.3, 0.4) is 0 Å². The molecular weight excluding hydrogens is 308 g/mol. The van der Waals surface area contributed by atoms with Gasteiger partial charge in [-0.2, -0.15) is 0 Å². The van der Waals surface area contributed by atoms with Crippen molar-refractivity contribution < 1.29 is 18.3 Å². The standard InChI is InChI=1S/C13H20N4O4S/c1-2-7-22(20,21)16-10-3-5-17(6-4-10)12-9-14-11(8-15-12)13(18)19/h8-10,16H,2-7H2,1H3,(H,18,19). The van der Waals surface area contributed by atoms with Crippen molar-refractivity contribution in [1.29, 1.82) is 0 Å². The van der Waals surface area contributed by atoms with E-state index in [4.69, 9.17) is 5.11 Å². The molecule has 1 aliphatic rings. The molecule has 0 aromatic carbocycles. The molecule has 0 atom stereocenters. The first-order chi connectivity index (χ1) is 10.4. The topological polar surface area (TPSA) is 112 Å². The molecule has 0 aliphatic carbocycles. The normalized spacial score (nSPS) is 16.7. The average Bonchev–Trinajstić information content (AvgIpc) is 2.47. The number of rotatable bonds is 6. The lowest BCUT2D eigenvalue weighted by Crippen LogP contribution is -2.45. The van der Waals surface area contributed by atoms with E-state index in [2.05, 4.69) is 14.7 Å². The summed E-state index contributed by atoms with van der Waals surface area (Å²) in [5.41, 5.74) is -0.0917. The maximum atomic E-state index is 11.7. The van der Waals surface area contributed by atoms with Crippen LogP contribution in [0, 0.1) is 0 Å². The van der Waals surface area contributed by atoms with Crippen LogP contribution in [-0.2, 0) is 10.0 Å². The van der Waals surface area contributed by atoms with Crippen LogP contribution in [0.2, 0.25) is 0 Å². The van der Waals surface area contributed by atoms with Gasteiger partial charge < -0.3 is 10.0 Å². The third-order valence-corrected chi connectivity index (χ3v) is 5.13. The van der Waals surface area contributed by atoms with Crippen molar-refractivity contribution in [1.82, 2.24) is 14.7 Å². The first-order valence-corrected chi connectivity index (χ1v) is 8.87. The van der Waals surface area contributed by atoms with Gasteiger partial charge in [0, 0.05) is 19.1 Å². The number of carboxylic acids is 1. The lowest BCUT2D eigenvalue weighted by Gasteiger charge is -2.32. The molecule has 1 aliphatic heterocycles. The number of hydrogen-bond acceptors (Lipinski definition) is 6. The van der Waals surface area contributed by atoms with Gasteiger partial charge in [-0.25, -0.2) is 27.9 Å². The summed E-state index contributed by atoms with van der Waals surface area (Å²) in [6.45, 7) is 3.14. The summed E-state index contributed by atoms with van der Waals surface area (Å²) in [6.07, 6.45) is 4.63. The molecule has 0 unspecified atom stereocenters. The van der Waals surface area contributed by atoms with Crippen molar-refractivity contribution in [2.24, 2.45) is 0 Å². The fourth-order valence-electron chi connectivity index (χ4n) is 2.40. The SMILES string of the molecule is CCCS(=O)(=O)NC1CCN(c2cnc(C(=O)O)cn2)CC1. The molecule has 122 valence electrons. The highest BCUT2D eigenvalue weighted by Gasteiger charge is 2.24. The van der Waals surface area contributed by atoms with Crippen LogP contribution in [0.5, 0.6) is 0 Å². The van der Waals surface area contributed by atoms with Crippen molar-refractivity contribution in [2.45, 2.75) is 32.2 Å². The van der Waals surface area contributed by atoms with E-state index in [1.165, 1.54) is 12.4 Å². The number of hydrogen-bond donors (Lipinski definition) is 2. The maximum Gasteiger partial charge on any atom is 0.356 e. The van der Waals surface area contributed by atoms with Crippen LogP contribution in [0.4, 0.5) is 5.82 Å². The van der Waals surface area contributed by atoms with Crippen LogP contribution in [0.15, 0.2) is 12.4 Å². The predicted molar refractivity (Wildman–Crippen MR) is 81.4 cm³/mol. The smallest absolute Gasteiger partial charge is 0.356 e. The molecular formula is C13H20N4O4S. The van der Waals surface area contributed by atoms with Crippen LogP contribution in [0.25, 0.3) is 0 Å². The molecule has 2 N–H and O–H groups in total. The molecule has 1 aromatic rings. The number of aromatic carboxylic acids is 1. The van der Waals surface area contributed by atoms with E-state index in [0.717, 1.165) is 0 Å². The minimum absolute atomic E-state index is 0.0564. The van der Waals surface area contributed by atoms with Crippen molar-refractivity contribution in [3.63, 3.8) is 0 Å². The zero-order valence-electron chi connectivity index (χ0n) is 12.4. The van der Waals surface area contributed by atoms with Gasteiger partial charge in [0.05, 0.1) is 18.1 Å². The Morgan fingerprint density at radius 2 is 2.05 bits per heavy atom. The van der Waals surface area contributed by atoms with Gasteiger partial charge >= 0.3 is 5.97 Å². The van der Waals surface area contributed by atoms with E-state index < -0.39 is 16.0 Å². The Morgan fingerprint density at radius 3 is 2.55 bits per heavy atom. The summed E-state index contributed by atoms with van der Waals surface area (Å²) in [7, 11) is -3.19. The van der Waals surface area contributed by atoms with Gasteiger partial charge in [-0.1, -0.05) is 6.92 Å². The lowest BCUT2D eigenvalue weighted by molar-refractivity contribution is 0.0690. The maximum absolute atomic E-state index is 11.7. The first-order valence-electron chi connectivity index (χ1n) is 7.21. The van der Waals surface area contributed by atoms with Gasteiger partial charge in [-0.3, -0.25) is 0 Å². The average molecular weight is 328 g/mol. The van der Waals surface area contributed by atoms with Gasteiger partial charge in [0.15, 0.2) is 5.69 Å². The number of nitrogens with one attached hydrogen (secondary N) is 1. The minimum Gasteiger partial charge on any atom is -0.476 e. The van der Waals surface area contributed by atoms with Gasteiger partial charge in [0.2, 0.25) is 10.0 Å². The monoisotopic (exact) mass is 328 g/mol. The number of nitrogens with zero attached hydrogens (tertiary/aromatic N) is 3. The number of anilines is 1. The second-order valence-electron chi connectivity index (χ2n) is 5.26. The zero-order valence-corrected chi connectivity index (χ0v) is 13.2. The molecule has 0 saturated carbocycles. The third-order valence-electron chi connectivity index (χ3n) is 3.50. The van der Waals surface area contributed by atoms with Gasteiger partial charge in [-0.05, 0) is 19.3 Å². The van der Waals surface area contributed by atoms with E-state index in [1.807, 2.05) is 11.8 Å². The summed E-state index contributed by atoms with van der Waals surface area (Å²) in [4.78, 5) is 20.6. The number of piperidine rings is 1. The van der Waals surface area contributed by atoms with E-state index >= 15 is 0 Å². The van der Waals surface area contributed by atoms with Crippen LogP contribution < -0.4 is 9.62 Å². The fourth-order valence-corrected chi connectivity index (χ4v) is 3.80. The highest BCUT2D eigenvalue weighted by molar-refractivity contribution is 7.89. The second kappa shape index (κ2) is 7.01. The van der Waals surface area contributed by atoms with E-state index in [9.17, 15) is 13.2 Å². The van der Waals surface area contributed by atoms with Crippen LogP contribution in [0.1, 0.15) is 36.7 Å². The van der Waals surface area contributed by atoms with Crippen LogP contribution >= 0.6 is 0 Å². The van der Waals surface area contributed by atoms with Crippen molar-refractivity contribution in [3.8, 4) is 0 Å². The molecule has 1 aromatic heterocycles. The van der Waals surface area contributed by atoms with Gasteiger partial charge in [0.1, 0.15) is 5.82 Å². The molecule has 0 bridgehead atoms. The molecule has 9 heteroatoms. The van der Waals surface area contributed by atoms with Gasteiger partial charge in [-0.15, -0.1) is 0 Å². The van der Waals surface area contributed by atoms with Crippen molar-refractivity contribution in [3.05, 3.63) is 18.1 Å². The largest absolute Gasteiger partial charge is 0.476 e. The molecule has 1 saturated heterocycles. The molecule has 22 heavy (non-hydrogen) atoms. The quantitative estimate of drug-likeness (QED) is 0.780. The summed E-state index contributed by atoms with van der Waals surface area (Å²) in [5.74, 6) is -0.349. The Kier molecular flexibility index (Phi) is 5.30. The Labute approximate surface area is 129 Å². The third kappa shape index (κ3) is 4.38. The van der Waals surface area contributed by atoms with Crippen molar-refractivity contribution >= 4 is 21.8 Å². The minimum atomic E-state index is -3.19. The summed E-state index contributed by atoms with van der Waals surface area (Å²) < 4.78 is 26.2. The van der Waals surface area contributed by atoms with E-state index in [0.29, 0.717) is 38.2 Å². The van der Waals surface area contributed by atoms with E-state index in [-0.39, 0.29) is 17.5 Å². The lowest BCUT2D eigenvalue weighted by atomic mass is 10.1. The molecule has 8 nitrogen and oxygen atoms in total. The van der Waals surface area contributed by atoms with E-state index in [1.54, 1.807) is 0 Å². The summed E-state index contributed by atoms with van der Waals surface area (Å²) in [6, 6.07) is -0.0564. The second-order valence-corrected chi connectivity index (χ2v) is 7.14. The Morgan fingerprint density at radius 1 is 1.36 bits per heavy atom. The molecule has 1 fully saturated rings. The van der Waals surface area contributed by atoms with Crippen LogP contribution in [-0.4, -0.2) is 54.3 Å². The predicted octanol–water partition coefficient (Wildman–Crippen LogP) is 0.473. The molecule has 2 rings (SSSR count). The Balaban J connectivity index is 1.90. The zero-order chi connectivity index (χ0) is 16.2. The Bertz CT molecular complexity index is 609. The first kappa shape index (κ1) is 16.6. The number of carbonyl (C=O) groups is 1. The highest BCUT2D eigenvalue weighted by atomic mass is 32.2. The molecule has 0 spiro atoms.